The number of benzene rings is 1. The van der Waals surface area contributed by atoms with Crippen LogP contribution in [-0.4, -0.2) is 60.1 Å². The normalized spacial score (nSPS) is 20.3. The number of nitrogens with zero attached hydrogens (tertiary/aromatic N) is 3. The van der Waals surface area contributed by atoms with Crippen LogP contribution in [0.3, 0.4) is 0 Å². The number of carbonyl (C=O) groups is 2. The van der Waals surface area contributed by atoms with Crippen molar-refractivity contribution in [2.45, 2.75) is 32.6 Å². The van der Waals surface area contributed by atoms with Crippen molar-refractivity contribution in [1.82, 2.24) is 15.0 Å². The molecule has 4 rings (SSSR count). The molecule has 0 saturated carbocycles. The van der Waals surface area contributed by atoms with E-state index in [9.17, 15) is 9.59 Å². The third-order valence-electron chi connectivity index (χ3n) is 6.26. The lowest BCUT2D eigenvalue weighted by atomic mass is 9.93. The summed E-state index contributed by atoms with van der Waals surface area (Å²) in [5.74, 6) is 1.87. The van der Waals surface area contributed by atoms with Crippen LogP contribution in [0.5, 0.6) is 5.75 Å². The van der Waals surface area contributed by atoms with Crippen molar-refractivity contribution in [3.05, 3.63) is 36.0 Å². The highest BCUT2D eigenvalue weighted by atomic mass is 16.5. The molecular weight excluding hydrogens is 382 g/mol. The average Bonchev–Trinajstić information content (AvgIpc) is 3.29. The summed E-state index contributed by atoms with van der Waals surface area (Å²) in [5.41, 5.74) is 1.11. The predicted molar refractivity (Wildman–Crippen MR) is 112 cm³/mol. The van der Waals surface area contributed by atoms with Gasteiger partial charge in [-0.15, -0.1) is 0 Å². The van der Waals surface area contributed by atoms with Gasteiger partial charge in [-0.05, 0) is 55.9 Å². The van der Waals surface area contributed by atoms with Gasteiger partial charge in [0.05, 0.1) is 13.0 Å². The zero-order valence-electron chi connectivity index (χ0n) is 17.7. The van der Waals surface area contributed by atoms with Crippen LogP contribution < -0.4 is 4.74 Å². The molecule has 0 aliphatic carbocycles. The van der Waals surface area contributed by atoms with E-state index >= 15 is 0 Å². The average molecular weight is 412 g/mol. The van der Waals surface area contributed by atoms with Gasteiger partial charge in [0.2, 0.25) is 5.91 Å². The van der Waals surface area contributed by atoms with Crippen molar-refractivity contribution < 1.29 is 18.8 Å². The zero-order chi connectivity index (χ0) is 21.1. The SMILES string of the molecule is COc1ccc(-c2cc(C(=O)N3CCC[C@H](C(=O)N4CCC(C)CC4)C3)no2)cc1. The first kappa shape index (κ1) is 20.4. The Kier molecular flexibility index (Phi) is 6.06. The lowest BCUT2D eigenvalue weighted by Gasteiger charge is -2.37. The molecule has 2 aliphatic heterocycles. The molecule has 2 fully saturated rings. The van der Waals surface area contributed by atoms with Crippen molar-refractivity contribution >= 4 is 11.8 Å². The quantitative estimate of drug-likeness (QED) is 0.770. The number of ether oxygens (including phenoxy) is 1. The molecule has 7 heteroatoms. The van der Waals surface area contributed by atoms with Crippen LogP contribution in [0.2, 0.25) is 0 Å². The summed E-state index contributed by atoms with van der Waals surface area (Å²) in [6.07, 6.45) is 3.79. The molecule has 2 aromatic rings. The van der Waals surface area contributed by atoms with Gasteiger partial charge in [0.1, 0.15) is 5.75 Å². The minimum absolute atomic E-state index is 0.121. The van der Waals surface area contributed by atoms with Crippen molar-refractivity contribution in [2.24, 2.45) is 11.8 Å². The molecule has 30 heavy (non-hydrogen) atoms. The van der Waals surface area contributed by atoms with Gasteiger partial charge in [0.25, 0.3) is 5.91 Å². The first-order valence-electron chi connectivity index (χ1n) is 10.7. The van der Waals surface area contributed by atoms with Crippen LogP contribution in [0, 0.1) is 11.8 Å². The number of amides is 2. The predicted octanol–water partition coefficient (Wildman–Crippen LogP) is 3.46. The number of piperidine rings is 2. The highest BCUT2D eigenvalue weighted by Crippen LogP contribution is 2.26. The molecule has 0 spiro atoms. The van der Waals surface area contributed by atoms with Crippen molar-refractivity contribution in [3.63, 3.8) is 0 Å². The summed E-state index contributed by atoms with van der Waals surface area (Å²) >= 11 is 0. The van der Waals surface area contributed by atoms with Crippen LogP contribution in [0.1, 0.15) is 43.1 Å². The summed E-state index contributed by atoms with van der Waals surface area (Å²) in [5, 5.41) is 3.99. The molecule has 0 radical (unpaired) electrons. The summed E-state index contributed by atoms with van der Waals surface area (Å²) in [4.78, 5) is 29.7. The molecule has 0 bridgehead atoms. The van der Waals surface area contributed by atoms with Crippen LogP contribution in [0.15, 0.2) is 34.9 Å². The summed E-state index contributed by atoms with van der Waals surface area (Å²) in [6.45, 7) is 5.00. The van der Waals surface area contributed by atoms with E-state index in [0.29, 0.717) is 24.8 Å². The largest absolute Gasteiger partial charge is 0.497 e. The number of rotatable bonds is 4. The number of hydrogen-bond acceptors (Lipinski definition) is 5. The van der Waals surface area contributed by atoms with Crippen LogP contribution in [0.4, 0.5) is 0 Å². The number of carbonyl (C=O) groups excluding carboxylic acids is 2. The van der Waals surface area contributed by atoms with Gasteiger partial charge in [0.15, 0.2) is 11.5 Å². The van der Waals surface area contributed by atoms with Gasteiger partial charge in [-0.3, -0.25) is 9.59 Å². The van der Waals surface area contributed by atoms with Crippen molar-refractivity contribution in [1.29, 1.82) is 0 Å². The Morgan fingerprint density at radius 1 is 1.07 bits per heavy atom. The van der Waals surface area contributed by atoms with E-state index in [-0.39, 0.29) is 23.4 Å². The Balaban J connectivity index is 1.40. The molecule has 2 amide bonds. The minimum atomic E-state index is -0.178. The zero-order valence-corrected chi connectivity index (χ0v) is 17.7. The summed E-state index contributed by atoms with van der Waals surface area (Å²) in [6, 6.07) is 9.07. The third kappa shape index (κ3) is 4.35. The molecule has 0 N–H and O–H groups in total. The van der Waals surface area contributed by atoms with Crippen LogP contribution >= 0.6 is 0 Å². The Morgan fingerprint density at radius 2 is 1.80 bits per heavy atom. The van der Waals surface area contributed by atoms with E-state index in [1.165, 1.54) is 0 Å². The van der Waals surface area contributed by atoms with E-state index in [0.717, 1.165) is 50.1 Å². The number of methoxy groups -OCH3 is 1. The van der Waals surface area contributed by atoms with Gasteiger partial charge in [0, 0.05) is 37.8 Å². The fraction of sp³-hybridized carbons (Fsp3) is 0.522. The molecule has 1 atom stereocenters. The number of aromatic nitrogens is 1. The van der Waals surface area contributed by atoms with E-state index in [1.807, 2.05) is 29.2 Å². The molecule has 0 unspecified atom stereocenters. The fourth-order valence-corrected chi connectivity index (χ4v) is 4.28. The maximum Gasteiger partial charge on any atom is 0.276 e. The second kappa shape index (κ2) is 8.90. The smallest absolute Gasteiger partial charge is 0.276 e. The minimum Gasteiger partial charge on any atom is -0.497 e. The van der Waals surface area contributed by atoms with E-state index < -0.39 is 0 Å². The standard InChI is InChI=1S/C23H29N3O4/c1-16-9-12-25(13-10-16)22(27)18-4-3-11-26(15-18)23(28)20-14-21(30-24-20)17-5-7-19(29-2)8-6-17/h5-8,14,16,18H,3-4,9-13,15H2,1-2H3/t18-/m0/s1. The molecule has 1 aromatic carbocycles. The van der Waals surface area contributed by atoms with Gasteiger partial charge in [-0.1, -0.05) is 12.1 Å². The lowest BCUT2D eigenvalue weighted by molar-refractivity contribution is -0.138. The van der Waals surface area contributed by atoms with Gasteiger partial charge in [-0.2, -0.15) is 0 Å². The van der Waals surface area contributed by atoms with Crippen LogP contribution in [0.25, 0.3) is 11.3 Å². The van der Waals surface area contributed by atoms with E-state index in [1.54, 1.807) is 18.1 Å². The monoisotopic (exact) mass is 411 g/mol. The number of likely N-dealkylation sites (tertiary alicyclic amines) is 2. The molecule has 2 aliphatic rings. The molecule has 160 valence electrons. The van der Waals surface area contributed by atoms with Gasteiger partial charge in [-0.25, -0.2) is 0 Å². The maximum atomic E-state index is 13.0. The first-order chi connectivity index (χ1) is 14.5. The molecule has 3 heterocycles. The second-order valence-electron chi connectivity index (χ2n) is 8.40. The summed E-state index contributed by atoms with van der Waals surface area (Å²) < 4.78 is 10.6. The Hall–Kier alpha value is -2.83. The second-order valence-corrected chi connectivity index (χ2v) is 8.40. The topological polar surface area (TPSA) is 75.9 Å². The molecule has 7 nitrogen and oxygen atoms in total. The first-order valence-corrected chi connectivity index (χ1v) is 10.7. The molecule has 1 aromatic heterocycles. The molecular formula is C23H29N3O4. The van der Waals surface area contributed by atoms with Gasteiger partial charge >= 0.3 is 0 Å². The van der Waals surface area contributed by atoms with Crippen molar-refractivity contribution in [3.8, 4) is 17.1 Å². The van der Waals surface area contributed by atoms with E-state index in [2.05, 4.69) is 12.1 Å². The summed E-state index contributed by atoms with van der Waals surface area (Å²) in [7, 11) is 1.61. The van der Waals surface area contributed by atoms with Crippen LogP contribution in [-0.2, 0) is 4.79 Å². The maximum absolute atomic E-state index is 13.0. The third-order valence-corrected chi connectivity index (χ3v) is 6.26. The molecule has 2 saturated heterocycles. The van der Waals surface area contributed by atoms with Crippen molar-refractivity contribution in [2.75, 3.05) is 33.3 Å². The fourth-order valence-electron chi connectivity index (χ4n) is 4.28. The Morgan fingerprint density at radius 3 is 2.50 bits per heavy atom. The van der Waals surface area contributed by atoms with Gasteiger partial charge < -0.3 is 19.1 Å². The highest BCUT2D eigenvalue weighted by molar-refractivity contribution is 5.93. The van der Waals surface area contributed by atoms with E-state index in [4.69, 9.17) is 9.26 Å². The number of hydrogen-bond donors (Lipinski definition) is 0. The highest BCUT2D eigenvalue weighted by Gasteiger charge is 2.33. The Labute approximate surface area is 177 Å². The Bertz CT molecular complexity index is 884. The lowest BCUT2D eigenvalue weighted by Crippen LogP contribution is -2.48.